The number of nitrogens with one attached hydrogen (secondary N) is 2. The molecule has 0 amide bonds. The summed E-state index contributed by atoms with van der Waals surface area (Å²) in [4.78, 5) is 18.1. The van der Waals surface area contributed by atoms with Gasteiger partial charge in [0.25, 0.3) is 0 Å². The van der Waals surface area contributed by atoms with Crippen LogP contribution in [0.2, 0.25) is 0 Å². The predicted molar refractivity (Wildman–Crippen MR) is 79.4 cm³/mol. The van der Waals surface area contributed by atoms with Crippen LogP contribution < -0.4 is 15.4 Å². The first-order valence-corrected chi connectivity index (χ1v) is 7.28. The summed E-state index contributed by atoms with van der Waals surface area (Å²) in [5, 5.41) is 7.18. The molecule has 0 saturated carbocycles. The number of aromatic nitrogens is 4. The molecule has 0 bridgehead atoms. The zero-order valence-corrected chi connectivity index (χ0v) is 12.6. The Balaban J connectivity index is 2.05. The van der Waals surface area contributed by atoms with E-state index in [0.29, 0.717) is 18.4 Å². The largest absolute Gasteiger partial charge is 0.467 e. The first-order chi connectivity index (χ1) is 9.75. The van der Waals surface area contributed by atoms with Gasteiger partial charge in [0.05, 0.1) is 13.7 Å². The van der Waals surface area contributed by atoms with E-state index in [9.17, 15) is 0 Å². The second-order valence-electron chi connectivity index (χ2n) is 3.93. The Morgan fingerprint density at radius 2 is 1.90 bits per heavy atom. The van der Waals surface area contributed by atoms with Crippen molar-refractivity contribution in [1.29, 1.82) is 0 Å². The van der Waals surface area contributed by atoms with Gasteiger partial charge in [0.1, 0.15) is 5.01 Å². The molecule has 0 aliphatic heterocycles. The smallest absolute Gasteiger partial charge is 0.322 e. The Morgan fingerprint density at radius 1 is 1.15 bits per heavy atom. The number of ether oxygens (including phenoxy) is 1. The Labute approximate surface area is 121 Å². The average Bonchev–Trinajstić information content (AvgIpc) is 2.93. The van der Waals surface area contributed by atoms with Crippen LogP contribution in [0.15, 0.2) is 6.20 Å². The van der Waals surface area contributed by atoms with E-state index in [1.165, 1.54) is 12.0 Å². The maximum atomic E-state index is 5.06. The highest BCUT2D eigenvalue weighted by molar-refractivity contribution is 7.11. The lowest BCUT2D eigenvalue weighted by Crippen LogP contribution is -2.09. The lowest BCUT2D eigenvalue weighted by molar-refractivity contribution is 0.379. The highest BCUT2D eigenvalue weighted by atomic mass is 32.1. The van der Waals surface area contributed by atoms with Gasteiger partial charge in [0.15, 0.2) is 0 Å². The highest BCUT2D eigenvalue weighted by Crippen LogP contribution is 2.15. The van der Waals surface area contributed by atoms with Crippen LogP contribution in [0, 0.1) is 0 Å². The molecule has 2 N–H and O–H groups in total. The van der Waals surface area contributed by atoms with Crippen molar-refractivity contribution in [2.45, 2.75) is 26.8 Å². The zero-order valence-electron chi connectivity index (χ0n) is 11.8. The van der Waals surface area contributed by atoms with Crippen molar-refractivity contribution in [1.82, 2.24) is 19.9 Å². The van der Waals surface area contributed by atoms with Gasteiger partial charge < -0.3 is 15.4 Å². The van der Waals surface area contributed by atoms with Gasteiger partial charge in [0, 0.05) is 17.6 Å². The molecule has 2 aromatic heterocycles. The SMILES string of the molecule is CCNc1nc(NCc2ncc(CC)s2)nc(OC)n1. The van der Waals surface area contributed by atoms with Crippen molar-refractivity contribution < 1.29 is 4.74 Å². The Kier molecular flexibility index (Phi) is 5.05. The lowest BCUT2D eigenvalue weighted by atomic mass is 10.4. The molecule has 0 fully saturated rings. The van der Waals surface area contributed by atoms with Gasteiger partial charge in [-0.1, -0.05) is 6.92 Å². The molecule has 0 spiro atoms. The average molecular weight is 294 g/mol. The zero-order chi connectivity index (χ0) is 14.4. The van der Waals surface area contributed by atoms with Crippen molar-refractivity contribution in [2.24, 2.45) is 0 Å². The lowest BCUT2D eigenvalue weighted by Gasteiger charge is -2.07. The van der Waals surface area contributed by atoms with Crippen LogP contribution in [0.25, 0.3) is 0 Å². The molecular formula is C12H18N6OS. The monoisotopic (exact) mass is 294 g/mol. The number of methoxy groups -OCH3 is 1. The fourth-order valence-corrected chi connectivity index (χ4v) is 2.31. The molecule has 2 aromatic rings. The van der Waals surface area contributed by atoms with E-state index >= 15 is 0 Å². The van der Waals surface area contributed by atoms with Crippen LogP contribution in [-0.4, -0.2) is 33.6 Å². The molecule has 0 saturated heterocycles. The predicted octanol–water partition coefficient (Wildman–Crippen LogP) is 1.94. The third-order valence-electron chi connectivity index (χ3n) is 2.48. The molecule has 0 atom stereocenters. The van der Waals surface area contributed by atoms with Crippen LogP contribution in [0.1, 0.15) is 23.7 Å². The summed E-state index contributed by atoms with van der Waals surface area (Å²) in [6.07, 6.45) is 2.90. The van der Waals surface area contributed by atoms with E-state index < -0.39 is 0 Å². The van der Waals surface area contributed by atoms with Gasteiger partial charge in [-0.15, -0.1) is 11.3 Å². The first kappa shape index (κ1) is 14.4. The van der Waals surface area contributed by atoms with Crippen molar-refractivity contribution in [3.05, 3.63) is 16.1 Å². The number of nitrogens with zero attached hydrogens (tertiary/aromatic N) is 4. The van der Waals surface area contributed by atoms with Gasteiger partial charge in [-0.3, -0.25) is 0 Å². The molecule has 8 heteroatoms. The molecule has 2 heterocycles. The molecule has 0 radical (unpaired) electrons. The van der Waals surface area contributed by atoms with Gasteiger partial charge in [0.2, 0.25) is 11.9 Å². The maximum absolute atomic E-state index is 5.06. The normalized spacial score (nSPS) is 10.3. The van der Waals surface area contributed by atoms with E-state index in [0.717, 1.165) is 18.0 Å². The van der Waals surface area contributed by atoms with E-state index in [2.05, 4.69) is 37.5 Å². The fraction of sp³-hybridized carbons (Fsp3) is 0.500. The van der Waals surface area contributed by atoms with Gasteiger partial charge in [-0.25, -0.2) is 4.98 Å². The second-order valence-corrected chi connectivity index (χ2v) is 5.13. The Bertz CT molecular complexity index is 559. The molecule has 0 aliphatic carbocycles. The number of hydrogen-bond donors (Lipinski definition) is 2. The van der Waals surface area contributed by atoms with E-state index in [-0.39, 0.29) is 6.01 Å². The summed E-state index contributed by atoms with van der Waals surface area (Å²) in [6.45, 7) is 5.41. The molecule has 0 aromatic carbocycles. The van der Waals surface area contributed by atoms with Crippen LogP contribution >= 0.6 is 11.3 Å². The molecule has 0 unspecified atom stereocenters. The summed E-state index contributed by atoms with van der Waals surface area (Å²) >= 11 is 1.68. The van der Waals surface area contributed by atoms with Gasteiger partial charge in [-0.2, -0.15) is 15.0 Å². The van der Waals surface area contributed by atoms with Crippen LogP contribution in [-0.2, 0) is 13.0 Å². The number of aryl methyl sites for hydroxylation is 1. The number of rotatable bonds is 7. The number of thiazole rings is 1. The quantitative estimate of drug-likeness (QED) is 0.807. The van der Waals surface area contributed by atoms with Crippen molar-refractivity contribution in [3.63, 3.8) is 0 Å². The number of anilines is 2. The molecule has 7 nitrogen and oxygen atoms in total. The minimum absolute atomic E-state index is 0.284. The summed E-state index contributed by atoms with van der Waals surface area (Å²) in [5.41, 5.74) is 0. The Hall–Kier alpha value is -1.96. The minimum Gasteiger partial charge on any atom is -0.467 e. The molecule has 0 aliphatic rings. The topological polar surface area (TPSA) is 84.9 Å². The third kappa shape index (κ3) is 3.77. The highest BCUT2D eigenvalue weighted by Gasteiger charge is 2.07. The van der Waals surface area contributed by atoms with Crippen molar-refractivity contribution in [2.75, 3.05) is 24.3 Å². The van der Waals surface area contributed by atoms with Crippen molar-refractivity contribution in [3.8, 4) is 6.01 Å². The summed E-state index contributed by atoms with van der Waals surface area (Å²) in [6, 6.07) is 0.284. The number of hydrogen-bond acceptors (Lipinski definition) is 8. The van der Waals surface area contributed by atoms with E-state index in [4.69, 9.17) is 4.74 Å². The summed E-state index contributed by atoms with van der Waals surface area (Å²) in [7, 11) is 1.53. The van der Waals surface area contributed by atoms with Crippen LogP contribution in [0.5, 0.6) is 6.01 Å². The standard InChI is InChI=1S/C12H18N6OS/c1-4-8-6-14-9(20-8)7-15-11-16-10(13-5-2)17-12(18-11)19-3/h6H,4-5,7H2,1-3H3,(H2,13,15,16,17,18). The summed E-state index contributed by atoms with van der Waals surface area (Å²) in [5.74, 6) is 0.969. The van der Waals surface area contributed by atoms with E-state index in [1.54, 1.807) is 11.3 Å². The van der Waals surface area contributed by atoms with Gasteiger partial charge in [-0.05, 0) is 13.3 Å². The maximum Gasteiger partial charge on any atom is 0.322 e. The minimum atomic E-state index is 0.284. The molecule has 20 heavy (non-hydrogen) atoms. The molecule has 108 valence electrons. The van der Waals surface area contributed by atoms with E-state index in [1.807, 2.05) is 13.1 Å². The third-order valence-corrected chi connectivity index (χ3v) is 3.62. The van der Waals surface area contributed by atoms with Crippen LogP contribution in [0.3, 0.4) is 0 Å². The summed E-state index contributed by atoms with van der Waals surface area (Å²) < 4.78 is 5.06. The van der Waals surface area contributed by atoms with Crippen LogP contribution in [0.4, 0.5) is 11.9 Å². The molecule has 2 rings (SSSR count). The van der Waals surface area contributed by atoms with Gasteiger partial charge >= 0.3 is 6.01 Å². The second kappa shape index (κ2) is 6.99. The fourth-order valence-electron chi connectivity index (χ4n) is 1.51. The Morgan fingerprint density at radius 3 is 2.50 bits per heavy atom. The van der Waals surface area contributed by atoms with Crippen molar-refractivity contribution >= 4 is 23.2 Å². The first-order valence-electron chi connectivity index (χ1n) is 6.46. The molecular weight excluding hydrogens is 276 g/mol.